The number of carbonyl (C=O) groups is 1. The minimum Gasteiger partial charge on any atom is -0.477 e. The van der Waals surface area contributed by atoms with Gasteiger partial charge in [0.1, 0.15) is 4.91 Å². The van der Waals surface area contributed by atoms with Gasteiger partial charge in [0.2, 0.25) is 0 Å². The van der Waals surface area contributed by atoms with E-state index in [0.29, 0.717) is 4.91 Å². The van der Waals surface area contributed by atoms with Crippen molar-refractivity contribution >= 4 is 29.5 Å². The van der Waals surface area contributed by atoms with Crippen molar-refractivity contribution in [2.75, 3.05) is 23.8 Å². The molecule has 0 spiro atoms. The number of nitrogens with zero attached hydrogens (tertiary/aromatic N) is 1. The summed E-state index contributed by atoms with van der Waals surface area (Å²) < 4.78 is 0. The van der Waals surface area contributed by atoms with Gasteiger partial charge in [-0.05, 0) is 16.7 Å². The molecule has 1 fully saturated rings. The van der Waals surface area contributed by atoms with E-state index in [1.54, 1.807) is 0 Å². The Bertz CT molecular complexity index is 1020. The molecule has 0 aliphatic carbocycles. The van der Waals surface area contributed by atoms with E-state index in [-0.39, 0.29) is 6.04 Å². The number of carboxylic acids is 1. The van der Waals surface area contributed by atoms with Gasteiger partial charge >= 0.3 is 5.97 Å². The van der Waals surface area contributed by atoms with E-state index in [4.69, 9.17) is 0 Å². The number of carboxylic acid groups (broad SMARTS) is 1. The van der Waals surface area contributed by atoms with Crippen LogP contribution in [0.1, 0.15) is 16.7 Å². The summed E-state index contributed by atoms with van der Waals surface area (Å²) in [6.07, 6.45) is 0. The highest BCUT2D eigenvalue weighted by Gasteiger charge is 2.49. The Kier molecular flexibility index (Phi) is 6.03. The maximum Gasteiger partial charge on any atom is 0.344 e. The first-order valence-corrected chi connectivity index (χ1v) is 13.0. The lowest BCUT2D eigenvalue weighted by molar-refractivity contribution is -0.132. The Hall–Kier alpha value is -2.63. The van der Waals surface area contributed by atoms with Crippen LogP contribution in [-0.4, -0.2) is 45.8 Å². The molecule has 0 radical (unpaired) electrons. The predicted octanol–water partition coefficient (Wildman–Crippen LogP) is 5.48. The molecule has 3 aromatic rings. The van der Waals surface area contributed by atoms with Gasteiger partial charge in [-0.15, -0.1) is 11.8 Å². The minimum absolute atomic E-state index is 0.0960. The maximum atomic E-state index is 11.9. The lowest BCUT2D eigenvalue weighted by atomic mass is 9.64. The Morgan fingerprint density at radius 2 is 1.34 bits per heavy atom. The van der Waals surface area contributed by atoms with Crippen molar-refractivity contribution in [3.63, 3.8) is 0 Å². The average molecular weight is 460 g/mol. The minimum atomic E-state index is -0.807. The van der Waals surface area contributed by atoms with Crippen molar-refractivity contribution in [1.82, 2.24) is 4.90 Å². The molecule has 3 nitrogen and oxygen atoms in total. The van der Waals surface area contributed by atoms with Crippen molar-refractivity contribution in [3.05, 3.63) is 118 Å². The Morgan fingerprint density at radius 3 is 1.75 bits per heavy atom. The summed E-state index contributed by atoms with van der Waals surface area (Å²) >= 11 is 3.41. The van der Waals surface area contributed by atoms with Crippen molar-refractivity contribution in [2.45, 2.75) is 11.5 Å². The molecule has 0 aromatic heterocycles. The summed E-state index contributed by atoms with van der Waals surface area (Å²) in [6, 6.07) is 32.3. The molecule has 162 valence electrons. The van der Waals surface area contributed by atoms with Gasteiger partial charge in [0.05, 0.1) is 11.5 Å². The first kappa shape index (κ1) is 21.2. The summed E-state index contributed by atoms with van der Waals surface area (Å²) in [6.45, 7) is 0.857. The molecule has 0 saturated carbocycles. The lowest BCUT2D eigenvalue weighted by Gasteiger charge is -2.52. The van der Waals surface area contributed by atoms with Crippen LogP contribution in [0.2, 0.25) is 0 Å². The number of rotatable bonds is 6. The fourth-order valence-corrected chi connectivity index (χ4v) is 7.04. The smallest absolute Gasteiger partial charge is 0.344 e. The van der Waals surface area contributed by atoms with Crippen LogP contribution in [0, 0.1) is 0 Å². The van der Waals surface area contributed by atoms with Crippen LogP contribution in [0.5, 0.6) is 0 Å². The van der Waals surface area contributed by atoms with Crippen LogP contribution in [0.3, 0.4) is 0 Å². The molecule has 0 amide bonds. The van der Waals surface area contributed by atoms with Crippen LogP contribution in [0.15, 0.2) is 102 Å². The van der Waals surface area contributed by atoms with Crippen LogP contribution in [0.4, 0.5) is 0 Å². The van der Waals surface area contributed by atoms with Crippen LogP contribution in [0.25, 0.3) is 0 Å². The highest BCUT2D eigenvalue weighted by atomic mass is 32.2. The summed E-state index contributed by atoms with van der Waals surface area (Å²) in [5.74, 6) is 1.89. The first-order valence-electron chi connectivity index (χ1n) is 10.8. The Labute approximate surface area is 197 Å². The van der Waals surface area contributed by atoms with Gasteiger partial charge < -0.3 is 10.0 Å². The molecular formula is C27H25NO2S2. The summed E-state index contributed by atoms with van der Waals surface area (Å²) in [7, 11) is 0. The van der Waals surface area contributed by atoms with E-state index in [2.05, 4.69) is 95.9 Å². The Morgan fingerprint density at radius 1 is 0.844 bits per heavy atom. The second kappa shape index (κ2) is 9.08. The molecule has 2 aliphatic rings. The van der Waals surface area contributed by atoms with Crippen LogP contribution >= 0.6 is 23.5 Å². The molecule has 1 saturated heterocycles. The zero-order valence-electron chi connectivity index (χ0n) is 17.7. The van der Waals surface area contributed by atoms with Gasteiger partial charge in [-0.1, -0.05) is 91.0 Å². The second-order valence-corrected chi connectivity index (χ2v) is 10.2. The quantitative estimate of drug-likeness (QED) is 0.494. The molecule has 32 heavy (non-hydrogen) atoms. The number of benzene rings is 3. The molecule has 5 heteroatoms. The van der Waals surface area contributed by atoms with Crippen molar-refractivity contribution in [2.24, 2.45) is 0 Å². The van der Waals surface area contributed by atoms with Crippen molar-refractivity contribution in [1.29, 1.82) is 0 Å². The summed E-state index contributed by atoms with van der Waals surface area (Å²) in [5, 5.41) is 9.76. The van der Waals surface area contributed by atoms with Gasteiger partial charge in [0.25, 0.3) is 0 Å². The molecule has 2 heterocycles. The molecule has 2 aliphatic heterocycles. The number of hydrogen-bond donors (Lipinski definition) is 1. The monoisotopic (exact) mass is 459 g/mol. The average Bonchev–Trinajstić information content (AvgIpc) is 2.82. The van der Waals surface area contributed by atoms with Gasteiger partial charge in [-0.25, -0.2) is 4.79 Å². The molecule has 0 bridgehead atoms. The lowest BCUT2D eigenvalue weighted by Crippen LogP contribution is -2.57. The third-order valence-corrected chi connectivity index (χ3v) is 8.61. The standard InChI is InChI=1S/C27H25NO2S2/c29-26(30)25-23(18-32-25)28-16-17-31-19-24(28)27(20-10-4-1-5-11-20,21-12-6-2-7-13-21)22-14-8-3-9-15-22/h1-15,24H,16-19H2,(H,29,30). The first-order chi connectivity index (χ1) is 15.7. The molecule has 1 unspecified atom stereocenters. The number of hydrogen-bond acceptors (Lipinski definition) is 4. The third-order valence-electron chi connectivity index (χ3n) is 6.47. The van der Waals surface area contributed by atoms with Gasteiger partial charge in [0, 0.05) is 29.5 Å². The van der Waals surface area contributed by atoms with E-state index in [0.717, 1.165) is 29.5 Å². The van der Waals surface area contributed by atoms with E-state index in [9.17, 15) is 9.90 Å². The topological polar surface area (TPSA) is 40.5 Å². The molecule has 1 atom stereocenters. The van der Waals surface area contributed by atoms with E-state index in [1.807, 2.05) is 11.8 Å². The predicted molar refractivity (Wildman–Crippen MR) is 134 cm³/mol. The fraction of sp³-hybridized carbons (Fsp3) is 0.222. The second-order valence-electron chi connectivity index (χ2n) is 8.06. The van der Waals surface area contributed by atoms with Gasteiger partial charge in [0.15, 0.2) is 0 Å². The van der Waals surface area contributed by atoms with Gasteiger partial charge in [-0.2, -0.15) is 11.8 Å². The zero-order chi connectivity index (χ0) is 22.0. The molecule has 1 N–H and O–H groups in total. The zero-order valence-corrected chi connectivity index (χ0v) is 19.3. The van der Waals surface area contributed by atoms with E-state index in [1.165, 1.54) is 28.5 Å². The molecule has 3 aromatic carbocycles. The van der Waals surface area contributed by atoms with Gasteiger partial charge in [-0.3, -0.25) is 0 Å². The maximum absolute atomic E-state index is 11.9. The highest BCUT2D eigenvalue weighted by molar-refractivity contribution is 8.05. The molecular weight excluding hydrogens is 434 g/mol. The van der Waals surface area contributed by atoms with Crippen molar-refractivity contribution < 1.29 is 9.90 Å². The normalized spacial score (nSPS) is 18.9. The van der Waals surface area contributed by atoms with E-state index >= 15 is 0 Å². The summed E-state index contributed by atoms with van der Waals surface area (Å²) in [4.78, 5) is 14.8. The number of thioether (sulfide) groups is 2. The van der Waals surface area contributed by atoms with Crippen molar-refractivity contribution in [3.8, 4) is 0 Å². The van der Waals surface area contributed by atoms with E-state index < -0.39 is 11.4 Å². The fourth-order valence-electron chi connectivity index (χ4n) is 5.07. The van der Waals surface area contributed by atoms with Crippen LogP contribution in [-0.2, 0) is 10.2 Å². The highest BCUT2D eigenvalue weighted by Crippen LogP contribution is 2.49. The number of aliphatic carboxylic acids is 1. The van der Waals surface area contributed by atoms with Crippen LogP contribution < -0.4 is 0 Å². The molecule has 5 rings (SSSR count). The Balaban J connectivity index is 1.79. The SMILES string of the molecule is O=C(O)C1=C(N2CCSCC2C(c2ccccc2)(c2ccccc2)c2ccccc2)CS1. The largest absolute Gasteiger partial charge is 0.477 e. The third kappa shape index (κ3) is 3.54. The summed E-state index contributed by atoms with van der Waals surface area (Å²) in [5.41, 5.74) is 4.27.